The minimum Gasteiger partial charge on any atom is -0.507 e. The molecule has 2 amide bonds. The number of nitrogens with zero attached hydrogens (tertiary/aromatic N) is 8. The number of hydrazine groups is 1. The number of β-amino-alcohol motifs (C(OH)–C–C–N with tert-alkyl or cyclic N) is 1. The summed E-state index contributed by atoms with van der Waals surface area (Å²) >= 11 is 1.60. The van der Waals surface area contributed by atoms with E-state index in [-0.39, 0.29) is 48.5 Å². The Morgan fingerprint density at radius 1 is 0.911 bits per heavy atom. The van der Waals surface area contributed by atoms with Crippen LogP contribution in [0.4, 0.5) is 5.82 Å². The molecular formula is C60H80N12O6S. The maximum absolute atomic E-state index is 14.4. The lowest BCUT2D eigenvalue weighted by atomic mass is 9.83. The monoisotopic (exact) mass is 1100 g/mol. The van der Waals surface area contributed by atoms with Crippen LogP contribution in [0, 0.1) is 24.7 Å². The number of aromatic hydroxyl groups is 1. The number of hydrogen-bond acceptors (Lipinski definition) is 16. The molecule has 5 aromatic rings. The third kappa shape index (κ3) is 12.1. The van der Waals surface area contributed by atoms with Crippen molar-refractivity contribution in [3.63, 3.8) is 0 Å². The number of aliphatic hydroxyl groups is 1. The van der Waals surface area contributed by atoms with E-state index in [4.69, 9.17) is 20.1 Å². The summed E-state index contributed by atoms with van der Waals surface area (Å²) < 4.78 is 14.8. The molecule has 79 heavy (non-hydrogen) atoms. The third-order valence-electron chi connectivity index (χ3n) is 18.0. The number of anilines is 1. The van der Waals surface area contributed by atoms with Crippen LogP contribution in [0.5, 0.6) is 5.75 Å². The predicted molar refractivity (Wildman–Crippen MR) is 306 cm³/mol. The second-order valence-corrected chi connectivity index (χ2v) is 24.5. The van der Waals surface area contributed by atoms with E-state index in [1.165, 1.54) is 0 Å². The van der Waals surface area contributed by atoms with Gasteiger partial charge >= 0.3 is 0 Å². The second kappa shape index (κ2) is 23.8. The second-order valence-electron chi connectivity index (χ2n) is 23.6. The number of thiazole rings is 1. The molecule has 1 unspecified atom stereocenters. The van der Waals surface area contributed by atoms with E-state index < -0.39 is 18.1 Å². The fourth-order valence-corrected chi connectivity index (χ4v) is 13.9. The third-order valence-corrected chi connectivity index (χ3v) is 19.0. The number of nitrogens with two attached hydrogens (primary N) is 1. The number of piperidine rings is 3. The molecule has 0 bridgehead atoms. The number of hydrogen-bond donors (Lipinski definition) is 6. The van der Waals surface area contributed by atoms with Gasteiger partial charge in [0, 0.05) is 80.7 Å². The number of allylic oxidation sites excluding steroid dienone is 2. The number of likely N-dealkylation sites (tertiary alicyclic amines) is 3. The highest BCUT2D eigenvalue weighted by molar-refractivity contribution is 7.13. The van der Waals surface area contributed by atoms with Crippen LogP contribution >= 0.6 is 11.3 Å². The zero-order valence-corrected chi connectivity index (χ0v) is 47.3. The first-order valence-corrected chi connectivity index (χ1v) is 29.8. The number of nitrogens with one attached hydrogen (secondary N) is 3. The quantitative estimate of drug-likeness (QED) is 0.0530. The number of phenols is 1. The van der Waals surface area contributed by atoms with E-state index in [1.54, 1.807) is 28.4 Å². The number of aryl methyl sites for hydroxylation is 1. The summed E-state index contributed by atoms with van der Waals surface area (Å²) in [5, 5.41) is 33.6. The zero-order valence-electron chi connectivity index (χ0n) is 46.5. The topological polar surface area (TPSA) is 216 Å². The van der Waals surface area contributed by atoms with Gasteiger partial charge in [0.05, 0.1) is 58.4 Å². The number of aromatic nitrogens is 4. The standard InChI is InChI=1S/C60H80N12O6S/c1-36(2)56(60(76)71-34-46(73)28-52(71)59(75)64-37(3)41-10-12-43(13-11-41)57-38(4)62-35-79-57)54-30-55(67-78-54)70-22-14-40(15-23-70)32-68-20-18-47(19-21-68)77-48-26-45(27-48)69-24-16-42(17-25-69)39(5)72-33-44(31-63-72)50-29-51(65-66-58(50)61)49-8-6-7-9-53(49)74/h6-13,29-31,33,35-37,39-40,42,45-48,52,56,65-66,73-74H,14-28,32,34,61H2,1-5H3,(H,64,75)/t37-,39?,45?,46+,48?,52-,56+/m0/s1. The highest BCUT2D eigenvalue weighted by Crippen LogP contribution is 2.39. The maximum Gasteiger partial charge on any atom is 0.243 e. The number of carbonyl (C=O) groups is 2. The van der Waals surface area contributed by atoms with Crippen molar-refractivity contribution in [3.05, 3.63) is 113 Å². The first-order chi connectivity index (χ1) is 38.2. The number of benzene rings is 2. The van der Waals surface area contributed by atoms with E-state index in [0.717, 1.165) is 142 Å². The molecule has 7 N–H and O–H groups in total. The van der Waals surface area contributed by atoms with Gasteiger partial charge in [0.2, 0.25) is 11.8 Å². The molecule has 4 saturated heterocycles. The van der Waals surface area contributed by atoms with Crippen molar-refractivity contribution >= 4 is 40.2 Å². The van der Waals surface area contributed by atoms with Crippen LogP contribution in [-0.4, -0.2) is 139 Å². The number of ether oxygens (including phenoxy) is 1. The fraction of sp³-hybridized carbons (Fsp3) is 0.550. The average Bonchev–Trinajstić information content (AvgIpc) is 4.35. The summed E-state index contributed by atoms with van der Waals surface area (Å²) in [6.45, 7) is 17.5. The number of carbonyl (C=O) groups excluding carboxylic acids is 2. The summed E-state index contributed by atoms with van der Waals surface area (Å²) in [4.78, 5) is 42.9. The summed E-state index contributed by atoms with van der Waals surface area (Å²) in [6.07, 6.45) is 14.9. The van der Waals surface area contributed by atoms with Gasteiger partial charge in [-0.2, -0.15) is 5.10 Å². The van der Waals surface area contributed by atoms with Crippen LogP contribution in [0.15, 0.2) is 88.9 Å². The minimum absolute atomic E-state index is 0.0914. The van der Waals surface area contributed by atoms with Crippen molar-refractivity contribution in [1.82, 2.24) is 50.8 Å². The van der Waals surface area contributed by atoms with Gasteiger partial charge in [0.25, 0.3) is 0 Å². The van der Waals surface area contributed by atoms with Crippen LogP contribution in [0.3, 0.4) is 0 Å². The molecular weight excluding hydrogens is 1020 g/mol. The summed E-state index contributed by atoms with van der Waals surface area (Å²) in [5.74, 6) is 1.84. The van der Waals surface area contributed by atoms with Gasteiger partial charge in [0.15, 0.2) is 11.6 Å². The molecule has 6 aliphatic rings. The molecule has 3 aromatic heterocycles. The van der Waals surface area contributed by atoms with Crippen molar-refractivity contribution in [1.29, 1.82) is 0 Å². The van der Waals surface area contributed by atoms with Crippen molar-refractivity contribution in [2.24, 2.45) is 23.5 Å². The van der Waals surface area contributed by atoms with E-state index in [9.17, 15) is 19.8 Å². The van der Waals surface area contributed by atoms with Crippen molar-refractivity contribution < 1.29 is 29.1 Å². The Morgan fingerprint density at radius 2 is 1.66 bits per heavy atom. The highest BCUT2D eigenvalue weighted by atomic mass is 32.1. The average molecular weight is 1100 g/mol. The molecule has 0 radical (unpaired) electrons. The lowest BCUT2D eigenvalue weighted by molar-refractivity contribution is -0.141. The van der Waals surface area contributed by atoms with Gasteiger partial charge in [-0.15, -0.1) is 11.3 Å². The smallest absolute Gasteiger partial charge is 0.243 e. The highest BCUT2D eigenvalue weighted by Gasteiger charge is 2.44. The predicted octanol–water partition coefficient (Wildman–Crippen LogP) is 7.57. The molecule has 19 heteroatoms. The van der Waals surface area contributed by atoms with Crippen LogP contribution in [0.2, 0.25) is 0 Å². The van der Waals surface area contributed by atoms with E-state index in [0.29, 0.717) is 47.2 Å². The van der Waals surface area contributed by atoms with Gasteiger partial charge in [-0.05, 0) is 132 Å². The Hall–Kier alpha value is -6.25. The van der Waals surface area contributed by atoms with Crippen molar-refractivity contribution in [2.45, 2.75) is 141 Å². The number of para-hydroxylation sites is 1. The Kier molecular flexibility index (Phi) is 16.5. The minimum atomic E-state index is -0.796. The van der Waals surface area contributed by atoms with Gasteiger partial charge < -0.3 is 50.1 Å². The SMILES string of the molecule is Cc1ncsc1-c1ccc([C@H](C)NC(=O)[C@@H]2C[C@@H](O)CN2C(=O)[C@@H](c2cc(N3CCC(CN4CCC(OC5CC(N6CCC(C(C)n7cc(C8=C(N)NNC(c9ccccc9O)=C8)cn7)CC6)C5)CC4)CC3)no2)C(C)C)cc1. The molecule has 1 saturated carbocycles. The van der Waals surface area contributed by atoms with E-state index in [2.05, 4.69) is 58.8 Å². The van der Waals surface area contributed by atoms with E-state index in [1.807, 2.05) is 87.9 Å². The molecule has 0 spiro atoms. The molecule has 18 nitrogen and oxygen atoms in total. The molecule has 2 aromatic carbocycles. The van der Waals surface area contributed by atoms with Crippen LogP contribution in [0.1, 0.15) is 132 Å². The van der Waals surface area contributed by atoms with Crippen LogP contribution in [0.25, 0.3) is 21.7 Å². The zero-order chi connectivity index (χ0) is 54.9. The van der Waals surface area contributed by atoms with Gasteiger partial charge in [-0.3, -0.25) is 25.1 Å². The lowest BCUT2D eigenvalue weighted by Gasteiger charge is -2.47. The Labute approximate surface area is 468 Å². The first-order valence-electron chi connectivity index (χ1n) is 28.9. The molecule has 8 heterocycles. The summed E-state index contributed by atoms with van der Waals surface area (Å²) in [7, 11) is 0. The van der Waals surface area contributed by atoms with Crippen LogP contribution < -0.4 is 26.8 Å². The molecule has 5 atom stereocenters. The first kappa shape index (κ1) is 54.7. The van der Waals surface area contributed by atoms with Gasteiger partial charge in [-0.1, -0.05) is 55.4 Å². The Bertz CT molecular complexity index is 2960. The molecule has 422 valence electrons. The van der Waals surface area contributed by atoms with Gasteiger partial charge in [0.1, 0.15) is 23.5 Å². The molecule has 5 fully saturated rings. The molecule has 5 aliphatic heterocycles. The largest absolute Gasteiger partial charge is 0.507 e. The Morgan fingerprint density at radius 3 is 2.37 bits per heavy atom. The normalized spacial score (nSPS) is 24.2. The van der Waals surface area contributed by atoms with Crippen LogP contribution in [-0.2, 0) is 14.3 Å². The summed E-state index contributed by atoms with van der Waals surface area (Å²) in [5.41, 5.74) is 20.6. The number of aliphatic hydroxyl groups excluding tert-OH is 1. The van der Waals surface area contributed by atoms with Gasteiger partial charge in [-0.25, -0.2) is 4.98 Å². The number of phenolic OH excluding ortho intramolecular Hbond substituents is 1. The molecule has 1 aliphatic carbocycles. The van der Waals surface area contributed by atoms with Crippen molar-refractivity contribution in [3.8, 4) is 16.2 Å². The Balaban J connectivity index is 0.584. The number of rotatable bonds is 17. The van der Waals surface area contributed by atoms with E-state index >= 15 is 0 Å². The van der Waals surface area contributed by atoms with Crippen molar-refractivity contribution in [2.75, 3.05) is 57.3 Å². The maximum atomic E-state index is 14.4. The molecule has 11 rings (SSSR count). The summed E-state index contributed by atoms with van der Waals surface area (Å²) in [6, 6.07) is 17.1. The lowest BCUT2D eigenvalue weighted by Crippen LogP contribution is -2.52. The number of amides is 2. The fourth-order valence-electron chi connectivity index (χ4n) is 13.1.